The fourth-order valence-corrected chi connectivity index (χ4v) is 4.05. The molecule has 1 unspecified atom stereocenters. The summed E-state index contributed by atoms with van der Waals surface area (Å²) in [5, 5.41) is 23.0. The molecule has 8 nitrogen and oxygen atoms in total. The summed E-state index contributed by atoms with van der Waals surface area (Å²) in [6.07, 6.45) is -2.46. The van der Waals surface area contributed by atoms with Gasteiger partial charge in [-0.1, -0.05) is 60.1 Å². The number of aliphatic carboxylic acids is 1. The summed E-state index contributed by atoms with van der Waals surface area (Å²) in [6.45, 7) is -0.351. The predicted octanol–water partition coefficient (Wildman–Crippen LogP) is 3.88. The summed E-state index contributed by atoms with van der Waals surface area (Å²) in [7, 11) is 0. The van der Waals surface area contributed by atoms with Gasteiger partial charge in [-0.3, -0.25) is 10.1 Å². The van der Waals surface area contributed by atoms with Crippen LogP contribution in [-0.4, -0.2) is 47.4 Å². The monoisotopic (exact) mass is 480 g/mol. The molecule has 4 rings (SSSR count). The molecular formula is C25H21ClN2O6. The normalized spacial score (nSPS) is 12.9. The molecule has 4 N–H and O–H groups in total. The first-order valence-corrected chi connectivity index (χ1v) is 10.8. The first-order valence-electron chi connectivity index (χ1n) is 10.5. The van der Waals surface area contributed by atoms with E-state index >= 15 is 0 Å². The lowest BCUT2D eigenvalue weighted by atomic mass is 9.98. The highest BCUT2D eigenvalue weighted by Crippen LogP contribution is 2.44. The van der Waals surface area contributed by atoms with E-state index in [9.17, 15) is 19.5 Å². The van der Waals surface area contributed by atoms with Crippen molar-refractivity contribution in [2.24, 2.45) is 0 Å². The van der Waals surface area contributed by atoms with E-state index in [0.717, 1.165) is 22.3 Å². The van der Waals surface area contributed by atoms with Crippen molar-refractivity contribution in [3.05, 3.63) is 88.4 Å². The number of aliphatic hydroxyl groups excluding tert-OH is 1. The number of halogens is 1. The van der Waals surface area contributed by atoms with Crippen molar-refractivity contribution < 1.29 is 29.3 Å². The molecule has 0 saturated heterocycles. The Balaban J connectivity index is 1.41. The number of aliphatic hydroxyl groups is 1. The van der Waals surface area contributed by atoms with Gasteiger partial charge in [0.2, 0.25) is 0 Å². The largest absolute Gasteiger partial charge is 0.479 e. The molecule has 0 spiro atoms. The molecule has 1 aliphatic rings. The molecule has 0 radical (unpaired) electrons. The average Bonchev–Trinajstić information content (AvgIpc) is 3.16. The predicted molar refractivity (Wildman–Crippen MR) is 126 cm³/mol. The van der Waals surface area contributed by atoms with Crippen LogP contribution < -0.4 is 10.6 Å². The zero-order valence-electron chi connectivity index (χ0n) is 17.8. The van der Waals surface area contributed by atoms with Gasteiger partial charge in [-0.25, -0.2) is 9.59 Å². The molecular weight excluding hydrogens is 460 g/mol. The minimum atomic E-state index is -1.73. The molecule has 1 atom stereocenters. The summed E-state index contributed by atoms with van der Waals surface area (Å²) < 4.78 is 5.50. The van der Waals surface area contributed by atoms with Crippen LogP contribution in [0, 0.1) is 0 Å². The number of nitrogens with one attached hydrogen (secondary N) is 2. The number of carboxylic acid groups (broad SMARTS) is 1. The number of carbonyl (C=O) groups excluding carboxylic acids is 2. The van der Waals surface area contributed by atoms with Gasteiger partial charge >= 0.3 is 12.1 Å². The Bertz CT molecular complexity index is 1220. The van der Waals surface area contributed by atoms with Crippen LogP contribution in [0.3, 0.4) is 0 Å². The number of hydrogen-bond acceptors (Lipinski definition) is 5. The molecule has 2 amide bonds. The molecule has 174 valence electrons. The quantitative estimate of drug-likeness (QED) is 0.407. The fourth-order valence-electron chi connectivity index (χ4n) is 3.89. The van der Waals surface area contributed by atoms with Gasteiger partial charge in [0.15, 0.2) is 6.10 Å². The maximum absolute atomic E-state index is 12.5. The van der Waals surface area contributed by atoms with Crippen LogP contribution in [0.4, 0.5) is 10.5 Å². The molecule has 0 heterocycles. The highest BCUT2D eigenvalue weighted by atomic mass is 35.5. The maximum atomic E-state index is 12.5. The van der Waals surface area contributed by atoms with Gasteiger partial charge in [-0.2, -0.15) is 0 Å². The number of rotatable bonds is 7. The van der Waals surface area contributed by atoms with Crippen LogP contribution in [0.2, 0.25) is 5.02 Å². The molecule has 3 aromatic rings. The molecule has 0 saturated carbocycles. The van der Waals surface area contributed by atoms with Crippen molar-refractivity contribution in [1.82, 2.24) is 5.32 Å². The number of benzene rings is 3. The zero-order valence-corrected chi connectivity index (χ0v) is 18.6. The Morgan fingerprint density at radius 2 is 1.59 bits per heavy atom. The van der Waals surface area contributed by atoms with E-state index in [1.54, 1.807) is 0 Å². The van der Waals surface area contributed by atoms with Gasteiger partial charge in [-0.15, -0.1) is 0 Å². The van der Waals surface area contributed by atoms with E-state index in [1.165, 1.54) is 18.2 Å². The molecule has 3 aromatic carbocycles. The van der Waals surface area contributed by atoms with E-state index in [-0.39, 0.29) is 28.8 Å². The van der Waals surface area contributed by atoms with Crippen molar-refractivity contribution in [2.75, 3.05) is 18.5 Å². The van der Waals surface area contributed by atoms with E-state index in [1.807, 2.05) is 48.5 Å². The number of fused-ring (bicyclic) bond motifs is 3. The number of ether oxygens (including phenoxy) is 1. The van der Waals surface area contributed by atoms with Gasteiger partial charge in [0.05, 0.1) is 17.3 Å². The maximum Gasteiger partial charge on any atom is 0.411 e. The van der Waals surface area contributed by atoms with Crippen molar-refractivity contribution >= 4 is 35.3 Å². The van der Waals surface area contributed by atoms with E-state index in [4.69, 9.17) is 21.4 Å². The SMILES string of the molecule is O=C(Nc1cc(C(=O)NCC(O)C(=O)O)ccc1Cl)OCC1c2ccccc2-c2ccccc21. The molecule has 0 fully saturated rings. The molecule has 0 aliphatic heterocycles. The Labute approximate surface area is 200 Å². The molecule has 0 bridgehead atoms. The second-order valence-corrected chi connectivity index (χ2v) is 8.12. The summed E-state index contributed by atoms with van der Waals surface area (Å²) in [6, 6.07) is 20.1. The summed E-state index contributed by atoms with van der Waals surface area (Å²) in [5.41, 5.74) is 4.67. The lowest BCUT2D eigenvalue weighted by Gasteiger charge is -2.15. The Kier molecular flexibility index (Phi) is 6.81. The third-order valence-corrected chi connectivity index (χ3v) is 5.88. The van der Waals surface area contributed by atoms with Crippen molar-refractivity contribution in [3.63, 3.8) is 0 Å². The minimum Gasteiger partial charge on any atom is -0.479 e. The number of carbonyl (C=O) groups is 3. The summed E-state index contributed by atoms with van der Waals surface area (Å²) >= 11 is 6.16. The smallest absolute Gasteiger partial charge is 0.411 e. The topological polar surface area (TPSA) is 125 Å². The van der Waals surface area contributed by atoms with Gasteiger partial charge in [0.25, 0.3) is 5.91 Å². The van der Waals surface area contributed by atoms with Crippen LogP contribution in [0.5, 0.6) is 0 Å². The van der Waals surface area contributed by atoms with Gasteiger partial charge in [0.1, 0.15) is 6.61 Å². The highest BCUT2D eigenvalue weighted by Gasteiger charge is 2.29. The molecule has 0 aromatic heterocycles. The third kappa shape index (κ3) is 4.88. The highest BCUT2D eigenvalue weighted by molar-refractivity contribution is 6.33. The second kappa shape index (κ2) is 9.94. The Morgan fingerprint density at radius 3 is 2.21 bits per heavy atom. The van der Waals surface area contributed by atoms with E-state index in [0.29, 0.717) is 0 Å². The number of anilines is 1. The van der Waals surface area contributed by atoms with Crippen LogP contribution in [0.25, 0.3) is 11.1 Å². The van der Waals surface area contributed by atoms with Gasteiger partial charge < -0.3 is 20.3 Å². The first kappa shape index (κ1) is 23.3. The third-order valence-electron chi connectivity index (χ3n) is 5.55. The second-order valence-electron chi connectivity index (χ2n) is 7.71. The number of carboxylic acids is 1. The lowest BCUT2D eigenvalue weighted by molar-refractivity contribution is -0.146. The molecule has 1 aliphatic carbocycles. The van der Waals surface area contributed by atoms with Crippen molar-refractivity contribution in [2.45, 2.75) is 12.0 Å². The standard InChI is InChI=1S/C25H21ClN2O6/c26-20-10-9-14(23(30)27-12-22(29)24(31)32)11-21(20)28-25(33)34-13-19-17-7-3-1-5-15(17)16-6-2-4-8-18(16)19/h1-11,19,22,29H,12-13H2,(H,27,30)(H,28,33)(H,31,32). The number of amides is 2. The lowest BCUT2D eigenvalue weighted by Crippen LogP contribution is -2.36. The summed E-state index contributed by atoms with van der Waals surface area (Å²) in [4.78, 5) is 35.5. The number of hydrogen-bond donors (Lipinski definition) is 4. The summed E-state index contributed by atoms with van der Waals surface area (Å²) in [5.74, 6) is -2.19. The van der Waals surface area contributed by atoms with Crippen LogP contribution in [0.15, 0.2) is 66.7 Å². The minimum absolute atomic E-state index is 0.105. The molecule has 34 heavy (non-hydrogen) atoms. The first-order chi connectivity index (χ1) is 16.3. The van der Waals surface area contributed by atoms with E-state index < -0.39 is 30.6 Å². The average molecular weight is 481 g/mol. The zero-order chi connectivity index (χ0) is 24.2. The van der Waals surface area contributed by atoms with Crippen molar-refractivity contribution in [3.8, 4) is 11.1 Å². The Morgan fingerprint density at radius 1 is 0.971 bits per heavy atom. The molecule has 9 heteroatoms. The van der Waals surface area contributed by atoms with Gasteiger partial charge in [-0.05, 0) is 40.5 Å². The van der Waals surface area contributed by atoms with Crippen LogP contribution in [0.1, 0.15) is 27.4 Å². The van der Waals surface area contributed by atoms with Crippen LogP contribution >= 0.6 is 11.6 Å². The Hall–Kier alpha value is -3.88. The van der Waals surface area contributed by atoms with Crippen molar-refractivity contribution in [1.29, 1.82) is 0 Å². The van der Waals surface area contributed by atoms with Crippen LogP contribution in [-0.2, 0) is 9.53 Å². The van der Waals surface area contributed by atoms with E-state index in [2.05, 4.69) is 10.6 Å². The fraction of sp³-hybridized carbons (Fsp3) is 0.160. The van der Waals surface area contributed by atoms with Gasteiger partial charge in [0, 0.05) is 11.5 Å².